The van der Waals surface area contributed by atoms with Crippen molar-refractivity contribution in [3.63, 3.8) is 0 Å². The predicted molar refractivity (Wildman–Crippen MR) is 264 cm³/mol. The smallest absolute Gasteiger partial charge is 0.0184 e. The Hall–Kier alpha value is -7.80. The van der Waals surface area contributed by atoms with E-state index in [4.69, 9.17) is 0 Å². The summed E-state index contributed by atoms with van der Waals surface area (Å²) in [5, 5.41) is 7.86. The van der Waals surface area contributed by atoms with E-state index in [0.717, 1.165) is 0 Å². The molecule has 60 heavy (non-hydrogen) atoms. The zero-order valence-corrected chi connectivity index (χ0v) is 34.2. The first-order chi connectivity index (χ1) is 29.9. The second-order valence-electron chi connectivity index (χ2n) is 12.8. The molecule has 0 heterocycles. The fourth-order valence-corrected chi connectivity index (χ4v) is 5.32. The van der Waals surface area contributed by atoms with Crippen LogP contribution in [0.1, 0.15) is 0 Å². The second kappa shape index (κ2) is 31.3. The molecule has 11 rings (SSSR count). The van der Waals surface area contributed by atoms with Crippen LogP contribution in [0.25, 0.3) is 32.3 Å². The molecule has 0 N–H and O–H groups in total. The molecule has 294 valence electrons. The first kappa shape index (κ1) is 44.9. The third-order valence-corrected chi connectivity index (χ3v) is 8.31. The number of hydrogen-bond acceptors (Lipinski definition) is 0. The average Bonchev–Trinajstić information content (AvgIpc) is 3.38. The van der Waals surface area contributed by atoms with Gasteiger partial charge in [-0.3, -0.25) is 0 Å². The van der Waals surface area contributed by atoms with Crippen LogP contribution in [0.4, 0.5) is 0 Å². The molecule has 0 saturated carbocycles. The Morgan fingerprint density at radius 3 is 0.217 bits per heavy atom. The molecule has 0 atom stereocenters. The fraction of sp³-hybridized carbons (Fsp3) is 0. The first-order valence-electron chi connectivity index (χ1n) is 20.2. The number of benzene rings is 11. The van der Waals surface area contributed by atoms with Crippen molar-refractivity contribution in [2.75, 3.05) is 0 Å². The summed E-state index contributed by atoms with van der Waals surface area (Å²) in [6.45, 7) is 0. The maximum Gasteiger partial charge on any atom is -0.0184 e. The first-order valence-corrected chi connectivity index (χ1v) is 20.2. The van der Waals surface area contributed by atoms with Crippen LogP contribution in [0, 0.1) is 0 Å². The van der Waals surface area contributed by atoms with Crippen molar-refractivity contribution in [1.29, 1.82) is 0 Å². The van der Waals surface area contributed by atoms with Crippen molar-refractivity contribution >= 4 is 32.3 Å². The van der Waals surface area contributed by atoms with Gasteiger partial charge in [-0.15, -0.1) is 0 Å². The lowest BCUT2D eigenvalue weighted by atomic mass is 10.1. The topological polar surface area (TPSA) is 0 Å². The van der Waals surface area contributed by atoms with E-state index in [1.807, 2.05) is 182 Å². The molecule has 0 unspecified atom stereocenters. The van der Waals surface area contributed by atoms with Crippen LogP contribution in [0.3, 0.4) is 0 Å². The van der Waals surface area contributed by atoms with Gasteiger partial charge in [0.25, 0.3) is 0 Å². The average molecular weight is 775 g/mol. The minimum Gasteiger partial charge on any atom is -0.0623 e. The summed E-state index contributed by atoms with van der Waals surface area (Å²) < 4.78 is 0. The lowest BCUT2D eigenvalue weighted by Crippen LogP contribution is -1.67. The van der Waals surface area contributed by atoms with Crippen molar-refractivity contribution in [3.05, 3.63) is 328 Å². The highest BCUT2D eigenvalue weighted by atomic mass is 13.9. The van der Waals surface area contributed by atoms with E-state index < -0.39 is 0 Å². The van der Waals surface area contributed by atoms with Gasteiger partial charge < -0.3 is 0 Å². The molecule has 0 aromatic heterocycles. The molecule has 0 spiro atoms. The maximum absolute atomic E-state index is 2.12. The molecular weight excluding hydrogens is 721 g/mol. The van der Waals surface area contributed by atoms with E-state index in [1.54, 1.807) is 0 Å². The lowest BCUT2D eigenvalue weighted by molar-refractivity contribution is 1.72. The Morgan fingerprint density at radius 1 is 0.0833 bits per heavy atom. The minimum atomic E-state index is 1.31. The fourth-order valence-electron chi connectivity index (χ4n) is 5.32. The van der Waals surface area contributed by atoms with Crippen LogP contribution in [0.15, 0.2) is 328 Å². The third kappa shape index (κ3) is 20.9. The highest BCUT2D eigenvalue weighted by molar-refractivity contribution is 5.83. The highest BCUT2D eigenvalue weighted by Crippen LogP contribution is 2.13. The van der Waals surface area contributed by atoms with Crippen LogP contribution in [-0.2, 0) is 0 Å². The SMILES string of the molecule is c1ccc2ccccc2c1.c1ccc2ccccc2c1.c1ccc2ccccc2c1.c1ccccc1.c1ccccc1.c1ccccc1.c1ccccc1.c1ccccc1. The number of hydrogen-bond donors (Lipinski definition) is 0. The summed E-state index contributed by atoms with van der Waals surface area (Å²) in [5.41, 5.74) is 0. The van der Waals surface area contributed by atoms with Gasteiger partial charge in [-0.1, -0.05) is 328 Å². The van der Waals surface area contributed by atoms with Crippen LogP contribution in [0.2, 0.25) is 0 Å². The normalized spacial score (nSPS) is 9.00. The van der Waals surface area contributed by atoms with Gasteiger partial charge in [0.1, 0.15) is 0 Å². The second-order valence-corrected chi connectivity index (χ2v) is 12.8. The van der Waals surface area contributed by atoms with Crippen LogP contribution >= 0.6 is 0 Å². The van der Waals surface area contributed by atoms with E-state index in [1.165, 1.54) is 32.3 Å². The molecule has 0 radical (unpaired) electrons. The molecule has 0 saturated heterocycles. The summed E-state index contributed by atoms with van der Waals surface area (Å²) in [4.78, 5) is 0. The van der Waals surface area contributed by atoms with Gasteiger partial charge in [0.05, 0.1) is 0 Å². The predicted octanol–water partition coefficient (Wildman–Crippen LogP) is 17.0. The van der Waals surface area contributed by atoms with Crippen molar-refractivity contribution in [2.45, 2.75) is 0 Å². The number of rotatable bonds is 0. The maximum atomic E-state index is 2.12. The molecule has 0 amide bonds. The Labute approximate surface area is 358 Å². The van der Waals surface area contributed by atoms with E-state index in [-0.39, 0.29) is 0 Å². The molecule has 0 fully saturated rings. The summed E-state index contributed by atoms with van der Waals surface area (Å²) >= 11 is 0. The zero-order valence-electron chi connectivity index (χ0n) is 34.2. The van der Waals surface area contributed by atoms with E-state index >= 15 is 0 Å². The quantitative estimate of drug-likeness (QED) is 0.144. The monoisotopic (exact) mass is 774 g/mol. The lowest BCUT2D eigenvalue weighted by Gasteiger charge is -1.92. The molecule has 0 aliphatic heterocycles. The molecule has 0 heteroatoms. The van der Waals surface area contributed by atoms with Gasteiger partial charge in [-0.25, -0.2) is 0 Å². The Balaban J connectivity index is 0.000000153. The van der Waals surface area contributed by atoms with Gasteiger partial charge in [-0.05, 0) is 32.3 Å². The molecular formula is C60H54. The van der Waals surface area contributed by atoms with Crippen molar-refractivity contribution in [3.8, 4) is 0 Å². The Kier molecular flexibility index (Phi) is 23.4. The summed E-state index contributed by atoms with van der Waals surface area (Å²) in [6.07, 6.45) is 0. The molecule has 0 aliphatic carbocycles. The zero-order chi connectivity index (χ0) is 41.6. The van der Waals surface area contributed by atoms with E-state index in [0.29, 0.717) is 0 Å². The molecule has 0 nitrogen and oxygen atoms in total. The van der Waals surface area contributed by atoms with Crippen LogP contribution in [-0.4, -0.2) is 0 Å². The van der Waals surface area contributed by atoms with Crippen molar-refractivity contribution in [1.82, 2.24) is 0 Å². The summed E-state index contributed by atoms with van der Waals surface area (Å²) in [7, 11) is 0. The Morgan fingerprint density at radius 2 is 0.150 bits per heavy atom. The van der Waals surface area contributed by atoms with E-state index in [9.17, 15) is 0 Å². The summed E-state index contributed by atoms with van der Waals surface area (Å²) in [6, 6.07) is 110. The van der Waals surface area contributed by atoms with Crippen molar-refractivity contribution < 1.29 is 0 Å². The molecule has 11 aromatic carbocycles. The van der Waals surface area contributed by atoms with Crippen LogP contribution in [0.5, 0.6) is 0 Å². The van der Waals surface area contributed by atoms with Gasteiger partial charge >= 0.3 is 0 Å². The van der Waals surface area contributed by atoms with Crippen LogP contribution < -0.4 is 0 Å². The highest BCUT2D eigenvalue weighted by Gasteiger charge is 1.87. The molecule has 0 bridgehead atoms. The number of fused-ring (bicyclic) bond motifs is 3. The minimum absolute atomic E-state index is 1.31. The molecule has 0 aliphatic rings. The van der Waals surface area contributed by atoms with Gasteiger partial charge in [0.15, 0.2) is 0 Å². The third-order valence-electron chi connectivity index (χ3n) is 8.31. The van der Waals surface area contributed by atoms with Gasteiger partial charge in [0, 0.05) is 0 Å². The van der Waals surface area contributed by atoms with E-state index in [2.05, 4.69) is 146 Å². The van der Waals surface area contributed by atoms with Gasteiger partial charge in [0.2, 0.25) is 0 Å². The standard InChI is InChI=1S/3C10H8.5C6H6/c3*1-2-6-10-8-4-3-7-9(10)5-1;5*1-2-4-6-5-3-1/h3*1-8H;5*1-6H. The van der Waals surface area contributed by atoms with Gasteiger partial charge in [-0.2, -0.15) is 0 Å². The Bertz CT molecular complexity index is 1890. The largest absolute Gasteiger partial charge is 0.0623 e. The van der Waals surface area contributed by atoms with Crippen molar-refractivity contribution in [2.24, 2.45) is 0 Å². The molecule has 11 aromatic rings. The summed E-state index contributed by atoms with van der Waals surface area (Å²) in [5.74, 6) is 0.